The Balaban J connectivity index is 2.36. The van der Waals surface area contributed by atoms with Crippen LogP contribution in [0.5, 0.6) is 0 Å². The van der Waals surface area contributed by atoms with Crippen molar-refractivity contribution < 1.29 is 0 Å². The monoisotopic (exact) mass is 199 g/mol. The molecule has 0 unspecified atom stereocenters. The van der Waals surface area contributed by atoms with Gasteiger partial charge in [-0.3, -0.25) is 5.10 Å². The Labute approximate surface area is 85.8 Å². The van der Waals surface area contributed by atoms with Gasteiger partial charge in [0.05, 0.1) is 11.9 Å². The lowest BCUT2D eigenvalue weighted by Gasteiger charge is -1.98. The Kier molecular flexibility index (Phi) is 1.58. The van der Waals surface area contributed by atoms with Crippen molar-refractivity contribution in [3.63, 3.8) is 0 Å². The molecule has 0 aliphatic carbocycles. The molecule has 3 aromatic heterocycles. The third-order valence-corrected chi connectivity index (χ3v) is 2.43. The Morgan fingerprint density at radius 3 is 3.07 bits per heavy atom. The van der Waals surface area contributed by atoms with Crippen molar-refractivity contribution in [1.29, 1.82) is 0 Å². The summed E-state index contributed by atoms with van der Waals surface area (Å²) in [6.07, 6.45) is 7.14. The normalized spacial score (nSPS) is 11.0. The van der Waals surface area contributed by atoms with E-state index in [1.54, 1.807) is 12.5 Å². The minimum Gasteiger partial charge on any atom is -0.335 e. The number of nitrogens with zero attached hydrogens (tertiary/aromatic N) is 4. The van der Waals surface area contributed by atoms with E-state index in [9.17, 15) is 0 Å². The van der Waals surface area contributed by atoms with Crippen LogP contribution < -0.4 is 0 Å². The average Bonchev–Trinajstić information content (AvgIpc) is 2.88. The molecule has 0 saturated heterocycles. The number of aromatic nitrogens is 5. The van der Waals surface area contributed by atoms with E-state index in [-0.39, 0.29) is 0 Å². The number of nitrogens with one attached hydrogen (secondary N) is 1. The molecule has 0 aliphatic heterocycles. The van der Waals surface area contributed by atoms with Gasteiger partial charge in [0, 0.05) is 30.4 Å². The summed E-state index contributed by atoms with van der Waals surface area (Å²) in [5.41, 5.74) is 2.82. The molecule has 0 bridgehead atoms. The van der Waals surface area contributed by atoms with Gasteiger partial charge in [0.2, 0.25) is 0 Å². The molecule has 0 spiro atoms. The van der Waals surface area contributed by atoms with Gasteiger partial charge < -0.3 is 4.57 Å². The van der Waals surface area contributed by atoms with E-state index in [1.807, 2.05) is 30.1 Å². The maximum atomic E-state index is 4.28. The van der Waals surface area contributed by atoms with Gasteiger partial charge >= 0.3 is 0 Å². The lowest BCUT2D eigenvalue weighted by Crippen LogP contribution is -1.90. The summed E-state index contributed by atoms with van der Waals surface area (Å²) in [5.74, 6) is 0. The Hall–Kier alpha value is -2.17. The quantitative estimate of drug-likeness (QED) is 0.643. The van der Waals surface area contributed by atoms with Crippen LogP contribution in [0.15, 0.2) is 31.0 Å². The van der Waals surface area contributed by atoms with Crippen LogP contribution in [-0.4, -0.2) is 24.7 Å². The summed E-state index contributed by atoms with van der Waals surface area (Å²) >= 11 is 0. The fourth-order valence-electron chi connectivity index (χ4n) is 1.69. The lowest BCUT2D eigenvalue weighted by molar-refractivity contribution is 0.944. The fourth-order valence-corrected chi connectivity index (χ4v) is 1.69. The second kappa shape index (κ2) is 2.91. The van der Waals surface area contributed by atoms with Gasteiger partial charge in [-0.2, -0.15) is 5.10 Å². The molecule has 0 saturated carbocycles. The summed E-state index contributed by atoms with van der Waals surface area (Å²) in [6, 6.07) is 2.01. The second-order valence-corrected chi connectivity index (χ2v) is 3.37. The van der Waals surface area contributed by atoms with Crippen LogP contribution in [0.3, 0.4) is 0 Å². The highest BCUT2D eigenvalue weighted by Gasteiger charge is 2.08. The largest absolute Gasteiger partial charge is 0.335 e. The maximum absolute atomic E-state index is 4.28. The molecule has 5 nitrogen and oxygen atoms in total. The standard InChI is InChI=1S/C10H9N5/c1-15-3-2-8-9(7-4-13-14-5-7)11-6-12-10(8)15/h2-6H,1H3,(H,13,14). The molecule has 1 N–H and O–H groups in total. The minimum absolute atomic E-state index is 0.911. The SMILES string of the molecule is Cn1ccc2c(-c3cn[nH]c3)ncnc21. The molecule has 15 heavy (non-hydrogen) atoms. The first-order valence-electron chi connectivity index (χ1n) is 4.61. The molecule has 0 aliphatic rings. The zero-order chi connectivity index (χ0) is 10.3. The van der Waals surface area contributed by atoms with Crippen molar-refractivity contribution in [2.45, 2.75) is 0 Å². The Bertz CT molecular complexity index is 593. The molecule has 0 amide bonds. The number of aromatic amines is 1. The van der Waals surface area contributed by atoms with Crippen LogP contribution >= 0.6 is 0 Å². The summed E-state index contributed by atoms with van der Waals surface area (Å²) in [5, 5.41) is 7.75. The number of aryl methyl sites for hydroxylation is 1. The molecule has 0 fully saturated rings. The predicted molar refractivity (Wildman–Crippen MR) is 56.1 cm³/mol. The van der Waals surface area contributed by atoms with Gasteiger partial charge in [-0.25, -0.2) is 9.97 Å². The molecule has 0 aromatic carbocycles. The topological polar surface area (TPSA) is 59.4 Å². The molecular formula is C10H9N5. The molecule has 0 radical (unpaired) electrons. The molecule has 3 heterocycles. The van der Waals surface area contributed by atoms with Crippen molar-refractivity contribution in [3.8, 4) is 11.3 Å². The summed E-state index contributed by atoms with van der Waals surface area (Å²) < 4.78 is 1.97. The van der Waals surface area contributed by atoms with Crippen molar-refractivity contribution in [2.24, 2.45) is 7.05 Å². The van der Waals surface area contributed by atoms with Crippen LogP contribution in [0.1, 0.15) is 0 Å². The second-order valence-electron chi connectivity index (χ2n) is 3.37. The zero-order valence-corrected chi connectivity index (χ0v) is 8.18. The first-order valence-corrected chi connectivity index (χ1v) is 4.61. The van der Waals surface area contributed by atoms with E-state index in [0.717, 1.165) is 22.3 Å². The van der Waals surface area contributed by atoms with Crippen molar-refractivity contribution >= 4 is 11.0 Å². The molecule has 5 heteroatoms. The number of H-pyrrole nitrogens is 1. The summed E-state index contributed by atoms with van der Waals surface area (Å²) in [6.45, 7) is 0. The smallest absolute Gasteiger partial charge is 0.143 e. The highest BCUT2D eigenvalue weighted by molar-refractivity contribution is 5.90. The molecule has 0 atom stereocenters. The van der Waals surface area contributed by atoms with Crippen molar-refractivity contribution in [2.75, 3.05) is 0 Å². The van der Waals surface area contributed by atoms with Crippen LogP contribution in [0.2, 0.25) is 0 Å². The number of hydrogen-bond donors (Lipinski definition) is 1. The fraction of sp³-hybridized carbons (Fsp3) is 0.100. The summed E-state index contributed by atoms with van der Waals surface area (Å²) in [7, 11) is 1.97. The highest BCUT2D eigenvalue weighted by atomic mass is 15.1. The third-order valence-electron chi connectivity index (χ3n) is 2.43. The number of rotatable bonds is 1. The minimum atomic E-state index is 0.911. The molecule has 3 aromatic rings. The van der Waals surface area contributed by atoms with Crippen molar-refractivity contribution in [1.82, 2.24) is 24.7 Å². The molecular weight excluding hydrogens is 190 g/mol. The predicted octanol–water partition coefficient (Wildman–Crippen LogP) is 1.36. The van der Waals surface area contributed by atoms with Gasteiger partial charge in [0.25, 0.3) is 0 Å². The first-order chi connectivity index (χ1) is 7.36. The molecule has 74 valence electrons. The first kappa shape index (κ1) is 8.16. The van der Waals surface area contributed by atoms with Gasteiger partial charge in [0.1, 0.15) is 12.0 Å². The molecule has 3 rings (SSSR count). The Morgan fingerprint density at radius 1 is 1.33 bits per heavy atom. The third kappa shape index (κ3) is 1.13. The van der Waals surface area contributed by atoms with Crippen molar-refractivity contribution in [3.05, 3.63) is 31.0 Å². The summed E-state index contributed by atoms with van der Waals surface area (Å²) in [4.78, 5) is 8.51. The van der Waals surface area contributed by atoms with E-state index in [0.29, 0.717) is 0 Å². The van der Waals surface area contributed by atoms with Crippen LogP contribution in [-0.2, 0) is 7.05 Å². The number of hydrogen-bond acceptors (Lipinski definition) is 3. The van der Waals surface area contributed by atoms with Gasteiger partial charge in [-0.05, 0) is 6.07 Å². The highest BCUT2D eigenvalue weighted by Crippen LogP contribution is 2.24. The zero-order valence-electron chi connectivity index (χ0n) is 8.18. The van der Waals surface area contributed by atoms with E-state index < -0.39 is 0 Å². The van der Waals surface area contributed by atoms with E-state index in [2.05, 4.69) is 20.2 Å². The maximum Gasteiger partial charge on any atom is 0.143 e. The van der Waals surface area contributed by atoms with Crippen LogP contribution in [0.25, 0.3) is 22.3 Å². The van der Waals surface area contributed by atoms with Crippen LogP contribution in [0.4, 0.5) is 0 Å². The Morgan fingerprint density at radius 2 is 2.27 bits per heavy atom. The lowest BCUT2D eigenvalue weighted by atomic mass is 10.2. The van der Waals surface area contributed by atoms with E-state index >= 15 is 0 Å². The average molecular weight is 199 g/mol. The number of fused-ring (bicyclic) bond motifs is 1. The van der Waals surface area contributed by atoms with Gasteiger partial charge in [0.15, 0.2) is 0 Å². The van der Waals surface area contributed by atoms with E-state index in [4.69, 9.17) is 0 Å². The van der Waals surface area contributed by atoms with Crippen LogP contribution in [0, 0.1) is 0 Å². The van der Waals surface area contributed by atoms with Gasteiger partial charge in [-0.1, -0.05) is 0 Å². The van der Waals surface area contributed by atoms with E-state index in [1.165, 1.54) is 0 Å². The van der Waals surface area contributed by atoms with Gasteiger partial charge in [-0.15, -0.1) is 0 Å².